The predicted octanol–water partition coefficient (Wildman–Crippen LogP) is 3.05. The third kappa shape index (κ3) is 2.63. The summed E-state index contributed by atoms with van der Waals surface area (Å²) in [6.07, 6.45) is 0. The van der Waals surface area contributed by atoms with Crippen LogP contribution in [0.2, 0.25) is 0 Å². The number of nitrogen functional groups attached to an aromatic ring is 1. The number of anilines is 1. The van der Waals surface area contributed by atoms with Crippen molar-refractivity contribution in [1.82, 2.24) is 4.98 Å². The van der Waals surface area contributed by atoms with Gasteiger partial charge in [0.1, 0.15) is 5.75 Å². The highest BCUT2D eigenvalue weighted by molar-refractivity contribution is 5.43. The number of pyridine rings is 1. The van der Waals surface area contributed by atoms with Crippen LogP contribution in [0, 0.1) is 25.5 Å². The second-order valence-corrected chi connectivity index (χ2v) is 4.05. The van der Waals surface area contributed by atoms with Crippen LogP contribution in [0.25, 0.3) is 0 Å². The fraction of sp³-hybridized carbons (Fsp3) is 0.154. The Morgan fingerprint density at radius 3 is 2.63 bits per heavy atom. The minimum Gasteiger partial charge on any atom is -0.436 e. The molecular formula is C13H13F2N3O. The van der Waals surface area contributed by atoms with Gasteiger partial charge in [0.05, 0.1) is 0 Å². The molecule has 0 aliphatic rings. The molecular weight excluding hydrogens is 252 g/mol. The average Bonchev–Trinajstić information content (AvgIpc) is 2.38. The van der Waals surface area contributed by atoms with Gasteiger partial charge in [-0.15, -0.1) is 0 Å². The average molecular weight is 265 g/mol. The number of hydrazine groups is 1. The van der Waals surface area contributed by atoms with Crippen molar-refractivity contribution in [3.05, 3.63) is 47.0 Å². The Morgan fingerprint density at radius 2 is 1.95 bits per heavy atom. The maximum atomic E-state index is 13.6. The van der Waals surface area contributed by atoms with Gasteiger partial charge in [0.15, 0.2) is 17.5 Å². The Bertz CT molecular complexity index is 617. The minimum atomic E-state index is -0.891. The lowest BCUT2D eigenvalue weighted by Gasteiger charge is -2.11. The third-order valence-electron chi connectivity index (χ3n) is 2.80. The molecule has 0 fully saturated rings. The van der Waals surface area contributed by atoms with E-state index in [1.807, 2.05) is 25.3 Å². The standard InChI is InChI=1S/C13H13F2N3O/c1-7-4-3-5-11(8(7)2)19-13-10(15)6-9(14)12(17-13)18-16/h3-6H,16H2,1-2H3,(H,17,18). The van der Waals surface area contributed by atoms with Gasteiger partial charge in [0, 0.05) is 6.07 Å². The van der Waals surface area contributed by atoms with Crippen molar-refractivity contribution in [2.24, 2.45) is 5.84 Å². The number of aryl methyl sites for hydroxylation is 1. The number of ether oxygens (including phenoxy) is 1. The summed E-state index contributed by atoms with van der Waals surface area (Å²) in [5.41, 5.74) is 3.90. The highest BCUT2D eigenvalue weighted by atomic mass is 19.1. The van der Waals surface area contributed by atoms with Gasteiger partial charge in [-0.1, -0.05) is 12.1 Å². The molecule has 2 aromatic rings. The second kappa shape index (κ2) is 5.19. The van der Waals surface area contributed by atoms with Crippen molar-refractivity contribution in [3.8, 4) is 11.6 Å². The zero-order valence-corrected chi connectivity index (χ0v) is 10.5. The Balaban J connectivity index is 2.41. The smallest absolute Gasteiger partial charge is 0.258 e. The normalized spacial score (nSPS) is 10.4. The lowest BCUT2D eigenvalue weighted by molar-refractivity contribution is 0.415. The first-order chi connectivity index (χ1) is 9.02. The molecule has 0 aliphatic carbocycles. The Kier molecular flexibility index (Phi) is 3.62. The predicted molar refractivity (Wildman–Crippen MR) is 68.0 cm³/mol. The molecule has 0 amide bonds. The lowest BCUT2D eigenvalue weighted by Crippen LogP contribution is -2.11. The molecule has 3 N–H and O–H groups in total. The first-order valence-electron chi connectivity index (χ1n) is 5.59. The number of rotatable bonds is 3. The van der Waals surface area contributed by atoms with Gasteiger partial charge in [-0.25, -0.2) is 14.6 Å². The van der Waals surface area contributed by atoms with Crippen molar-refractivity contribution < 1.29 is 13.5 Å². The number of nitrogens with one attached hydrogen (secondary N) is 1. The van der Waals surface area contributed by atoms with E-state index in [9.17, 15) is 8.78 Å². The van der Waals surface area contributed by atoms with Gasteiger partial charge in [-0.3, -0.25) is 0 Å². The van der Waals surface area contributed by atoms with E-state index < -0.39 is 11.6 Å². The molecule has 1 aromatic carbocycles. The number of nitrogens with zero attached hydrogens (tertiary/aromatic N) is 1. The van der Waals surface area contributed by atoms with Crippen molar-refractivity contribution in [2.75, 3.05) is 5.43 Å². The summed E-state index contributed by atoms with van der Waals surface area (Å²) in [4.78, 5) is 3.65. The van der Waals surface area contributed by atoms with Crippen molar-refractivity contribution >= 4 is 5.82 Å². The van der Waals surface area contributed by atoms with Crippen LogP contribution in [0.15, 0.2) is 24.3 Å². The molecule has 0 spiro atoms. The molecule has 0 aliphatic heterocycles. The summed E-state index contributed by atoms with van der Waals surface area (Å²) in [6, 6.07) is 6.04. The molecule has 100 valence electrons. The number of benzene rings is 1. The fourth-order valence-corrected chi connectivity index (χ4v) is 1.56. The maximum Gasteiger partial charge on any atom is 0.258 e. The van der Waals surface area contributed by atoms with Crippen LogP contribution in [0.5, 0.6) is 11.6 Å². The van der Waals surface area contributed by atoms with E-state index in [1.54, 1.807) is 12.1 Å². The Labute approximate surface area is 109 Å². The second-order valence-electron chi connectivity index (χ2n) is 4.05. The number of halogens is 2. The molecule has 4 nitrogen and oxygen atoms in total. The largest absolute Gasteiger partial charge is 0.436 e. The van der Waals surface area contributed by atoms with Crippen molar-refractivity contribution in [2.45, 2.75) is 13.8 Å². The molecule has 0 radical (unpaired) electrons. The van der Waals surface area contributed by atoms with Gasteiger partial charge in [0.2, 0.25) is 0 Å². The van der Waals surface area contributed by atoms with Gasteiger partial charge in [0.25, 0.3) is 5.88 Å². The molecule has 0 saturated heterocycles. The Morgan fingerprint density at radius 1 is 1.21 bits per heavy atom. The number of nitrogens with two attached hydrogens (primary N) is 1. The molecule has 2 rings (SSSR count). The topological polar surface area (TPSA) is 60.2 Å². The lowest BCUT2D eigenvalue weighted by atomic mass is 10.1. The van der Waals surface area contributed by atoms with Crippen LogP contribution in [-0.4, -0.2) is 4.98 Å². The van der Waals surface area contributed by atoms with Gasteiger partial charge in [-0.2, -0.15) is 4.98 Å². The molecule has 6 heteroatoms. The van der Waals surface area contributed by atoms with Crippen LogP contribution in [0.1, 0.15) is 11.1 Å². The molecule has 0 saturated carbocycles. The zero-order chi connectivity index (χ0) is 14.0. The maximum absolute atomic E-state index is 13.6. The van der Waals surface area contributed by atoms with Crippen molar-refractivity contribution in [1.29, 1.82) is 0 Å². The zero-order valence-electron chi connectivity index (χ0n) is 10.5. The summed E-state index contributed by atoms with van der Waals surface area (Å²) in [6.45, 7) is 3.75. The van der Waals surface area contributed by atoms with E-state index >= 15 is 0 Å². The molecule has 0 bridgehead atoms. The first-order valence-corrected chi connectivity index (χ1v) is 5.59. The molecule has 0 unspecified atom stereocenters. The van der Waals surface area contributed by atoms with E-state index in [0.29, 0.717) is 11.8 Å². The third-order valence-corrected chi connectivity index (χ3v) is 2.80. The van der Waals surface area contributed by atoms with E-state index in [0.717, 1.165) is 11.1 Å². The van der Waals surface area contributed by atoms with Crippen LogP contribution in [0.4, 0.5) is 14.6 Å². The van der Waals surface area contributed by atoms with Gasteiger partial charge >= 0.3 is 0 Å². The highest BCUT2D eigenvalue weighted by Gasteiger charge is 2.14. The van der Waals surface area contributed by atoms with Crippen LogP contribution in [0.3, 0.4) is 0 Å². The number of aromatic nitrogens is 1. The molecule has 1 aromatic heterocycles. The van der Waals surface area contributed by atoms with Crippen LogP contribution in [-0.2, 0) is 0 Å². The monoisotopic (exact) mass is 265 g/mol. The van der Waals surface area contributed by atoms with E-state index in [-0.39, 0.29) is 11.7 Å². The minimum absolute atomic E-state index is 0.276. The number of hydrogen-bond donors (Lipinski definition) is 2. The van der Waals surface area contributed by atoms with E-state index in [4.69, 9.17) is 10.6 Å². The quantitative estimate of drug-likeness (QED) is 0.661. The Hall–Kier alpha value is -2.21. The summed E-state index contributed by atoms with van der Waals surface area (Å²) in [5.74, 6) is 3.17. The summed E-state index contributed by atoms with van der Waals surface area (Å²) >= 11 is 0. The summed E-state index contributed by atoms with van der Waals surface area (Å²) in [5, 5.41) is 0. The molecule has 1 heterocycles. The van der Waals surface area contributed by atoms with Crippen LogP contribution < -0.4 is 16.0 Å². The SMILES string of the molecule is Cc1cccc(Oc2nc(NN)c(F)cc2F)c1C. The number of hydrogen-bond acceptors (Lipinski definition) is 4. The summed E-state index contributed by atoms with van der Waals surface area (Å²) < 4.78 is 32.2. The molecule has 0 atom stereocenters. The van der Waals surface area contributed by atoms with Gasteiger partial charge < -0.3 is 10.2 Å². The molecule has 19 heavy (non-hydrogen) atoms. The first kappa shape index (κ1) is 13.2. The van der Waals surface area contributed by atoms with Gasteiger partial charge in [-0.05, 0) is 31.0 Å². The van der Waals surface area contributed by atoms with E-state index in [1.165, 1.54) is 0 Å². The van der Waals surface area contributed by atoms with Crippen molar-refractivity contribution in [3.63, 3.8) is 0 Å². The fourth-order valence-electron chi connectivity index (χ4n) is 1.56. The highest BCUT2D eigenvalue weighted by Crippen LogP contribution is 2.29. The summed E-state index contributed by atoms with van der Waals surface area (Å²) in [7, 11) is 0. The van der Waals surface area contributed by atoms with Crippen LogP contribution >= 0.6 is 0 Å². The van der Waals surface area contributed by atoms with E-state index in [2.05, 4.69) is 4.98 Å².